The minimum Gasteiger partial charge on any atom is -0.300 e. The zero-order chi connectivity index (χ0) is 33.1. The highest BCUT2D eigenvalue weighted by molar-refractivity contribution is 6.34. The molecule has 4 heterocycles. The maximum atomic E-state index is 12.7. The molecule has 46 heavy (non-hydrogen) atoms. The van der Waals surface area contributed by atoms with Gasteiger partial charge >= 0.3 is 0 Å². The van der Waals surface area contributed by atoms with Crippen molar-refractivity contribution >= 4 is 42.1 Å². The van der Waals surface area contributed by atoms with Crippen LogP contribution in [-0.2, 0) is 13.0 Å². The second-order valence-electron chi connectivity index (χ2n) is 10.1. The van der Waals surface area contributed by atoms with Gasteiger partial charge in [0.25, 0.3) is 23.6 Å². The van der Waals surface area contributed by atoms with E-state index in [1.54, 1.807) is 36.4 Å². The van der Waals surface area contributed by atoms with E-state index >= 15 is 0 Å². The van der Waals surface area contributed by atoms with Gasteiger partial charge in [-0.05, 0) is 36.6 Å². The van der Waals surface area contributed by atoms with E-state index in [1.807, 2.05) is 32.1 Å². The van der Waals surface area contributed by atoms with Gasteiger partial charge in [-0.3, -0.25) is 28.8 Å². The third-order valence-electron chi connectivity index (χ3n) is 7.35. The molecule has 0 atom stereocenters. The molecule has 0 saturated carbocycles. The molecular formula is C32H24N8O6. The van der Waals surface area contributed by atoms with Crippen LogP contribution in [0.2, 0.25) is 0 Å². The van der Waals surface area contributed by atoms with Crippen LogP contribution in [0.5, 0.6) is 0 Å². The Morgan fingerprint density at radius 2 is 1.48 bits per heavy atom. The molecule has 2 aromatic carbocycles. The number of fused-ring (bicyclic) bond motifs is 2. The summed E-state index contributed by atoms with van der Waals surface area (Å²) in [5.41, 5.74) is 1.72. The molecule has 6 rings (SSSR count). The largest absolute Gasteiger partial charge is 0.300 e. The molecule has 0 aliphatic carbocycles. The number of benzene rings is 2. The van der Waals surface area contributed by atoms with E-state index in [9.17, 15) is 34.0 Å². The van der Waals surface area contributed by atoms with Gasteiger partial charge in [0.15, 0.2) is 24.0 Å². The van der Waals surface area contributed by atoms with E-state index in [1.165, 1.54) is 4.57 Å². The Balaban J connectivity index is 0.000000181. The lowest BCUT2D eigenvalue weighted by atomic mass is 9.99. The summed E-state index contributed by atoms with van der Waals surface area (Å²) in [4.78, 5) is 81.3. The van der Waals surface area contributed by atoms with Gasteiger partial charge in [0, 0.05) is 6.54 Å². The van der Waals surface area contributed by atoms with E-state index in [-0.39, 0.29) is 28.7 Å². The number of nitrogens with zero attached hydrogens (tertiary/aromatic N) is 8. The fourth-order valence-corrected chi connectivity index (χ4v) is 5.35. The van der Waals surface area contributed by atoms with E-state index in [4.69, 9.17) is 5.26 Å². The van der Waals surface area contributed by atoms with Crippen LogP contribution < -0.4 is 9.91 Å². The smallest absolute Gasteiger partial charge is 0.281 e. The maximum Gasteiger partial charge on any atom is 0.281 e. The molecule has 0 radical (unpaired) electrons. The number of carbonyl (C=O) groups is 6. The van der Waals surface area contributed by atoms with Crippen molar-refractivity contribution in [2.45, 2.75) is 39.7 Å². The van der Waals surface area contributed by atoms with Crippen molar-refractivity contribution < 1.29 is 28.8 Å². The number of hydrogen-bond acceptors (Lipinski definition) is 10. The van der Waals surface area contributed by atoms with Crippen molar-refractivity contribution in [1.29, 1.82) is 10.5 Å². The Hall–Kier alpha value is -6.54. The maximum absolute atomic E-state index is 12.7. The molecule has 14 heteroatoms. The lowest BCUT2D eigenvalue weighted by Gasteiger charge is -2.15. The summed E-state index contributed by atoms with van der Waals surface area (Å²) in [6, 6.07) is 15.4. The lowest BCUT2D eigenvalue weighted by Crippen LogP contribution is -2.40. The standard InChI is InChI=1S/C16H11N5O2.C16H13N3O4/c1-2-7-20-13(9-18)12(8-17)19-16(20)21-14(22)10-5-3-4-6-11(10)15(21)23;1-2-4-10-5-3-6-11-14(10)16(23)19(15(11)22)18-9-17-12(7-20)13(18)8-21/h3-6H,2,7H2,1H3;3,5-9H,2,4H2,1H3. The minimum absolute atomic E-state index is 0.0196. The lowest BCUT2D eigenvalue weighted by molar-refractivity contribution is 0.0877. The number of nitriles is 2. The quantitative estimate of drug-likeness (QED) is 0.210. The summed E-state index contributed by atoms with van der Waals surface area (Å²) in [7, 11) is 0. The van der Waals surface area contributed by atoms with E-state index in [0.29, 0.717) is 54.2 Å². The molecule has 0 spiro atoms. The van der Waals surface area contributed by atoms with Gasteiger partial charge in [0.2, 0.25) is 5.95 Å². The van der Waals surface area contributed by atoms with Crippen LogP contribution in [0.15, 0.2) is 48.8 Å². The number of amides is 4. The Labute approximate surface area is 261 Å². The number of rotatable bonds is 8. The number of hydrogen-bond donors (Lipinski definition) is 0. The predicted molar refractivity (Wildman–Crippen MR) is 160 cm³/mol. The zero-order valence-corrected chi connectivity index (χ0v) is 24.6. The van der Waals surface area contributed by atoms with Crippen LogP contribution in [0.3, 0.4) is 0 Å². The normalized spacial score (nSPS) is 13.1. The first kappa shape index (κ1) is 30.9. The van der Waals surface area contributed by atoms with Crippen LogP contribution >= 0.6 is 0 Å². The molecular weight excluding hydrogens is 592 g/mol. The number of aryl methyl sites for hydroxylation is 1. The number of carbonyl (C=O) groups excluding carboxylic acids is 6. The molecule has 2 aromatic heterocycles. The molecule has 0 N–H and O–H groups in total. The summed E-state index contributed by atoms with van der Waals surface area (Å²) in [6.45, 7) is 4.24. The number of anilines is 1. The topological polar surface area (TPSA) is 192 Å². The number of imide groups is 2. The molecule has 0 saturated heterocycles. The molecule has 2 aliphatic rings. The summed E-state index contributed by atoms with van der Waals surface area (Å²) in [6.07, 6.45) is 4.08. The van der Waals surface area contributed by atoms with E-state index in [2.05, 4.69) is 9.97 Å². The SMILES string of the molecule is CCCc1cccc2c1C(=O)N(n1cnc(C=O)c1C=O)C2=O.CCCn1c(N2C(=O)c3ccccc3C2=O)nc(C#N)c1C#N. The first-order valence-corrected chi connectivity index (χ1v) is 14.1. The van der Waals surface area contributed by atoms with Gasteiger partial charge in [-0.15, -0.1) is 0 Å². The molecule has 4 aromatic rings. The predicted octanol–water partition coefficient (Wildman–Crippen LogP) is 3.23. The number of aromatic nitrogens is 4. The van der Waals surface area contributed by atoms with Crippen LogP contribution in [0, 0.1) is 22.7 Å². The third-order valence-corrected chi connectivity index (χ3v) is 7.35. The van der Waals surface area contributed by atoms with Crippen molar-refractivity contribution in [3.63, 3.8) is 0 Å². The fourth-order valence-electron chi connectivity index (χ4n) is 5.35. The van der Waals surface area contributed by atoms with Gasteiger partial charge in [0.1, 0.15) is 29.9 Å². The number of aldehydes is 2. The summed E-state index contributed by atoms with van der Waals surface area (Å²) in [5, 5.41) is 19.2. The highest BCUT2D eigenvalue weighted by Gasteiger charge is 2.41. The minimum atomic E-state index is -0.541. The summed E-state index contributed by atoms with van der Waals surface area (Å²) < 4.78 is 2.47. The third kappa shape index (κ3) is 4.84. The first-order chi connectivity index (χ1) is 22.3. The zero-order valence-electron chi connectivity index (χ0n) is 24.6. The highest BCUT2D eigenvalue weighted by atomic mass is 16.2. The Kier molecular flexibility index (Phi) is 8.46. The second-order valence-corrected chi connectivity index (χ2v) is 10.1. The highest BCUT2D eigenvalue weighted by Crippen LogP contribution is 2.30. The molecule has 0 fully saturated rings. The average molecular weight is 617 g/mol. The van der Waals surface area contributed by atoms with Crippen LogP contribution in [0.25, 0.3) is 0 Å². The van der Waals surface area contributed by atoms with Gasteiger partial charge in [0.05, 0.1) is 22.3 Å². The van der Waals surface area contributed by atoms with Gasteiger partial charge in [-0.2, -0.15) is 20.5 Å². The average Bonchev–Trinajstić information content (AvgIpc) is 3.78. The van der Waals surface area contributed by atoms with Crippen LogP contribution in [0.4, 0.5) is 5.95 Å². The van der Waals surface area contributed by atoms with Crippen molar-refractivity contribution in [3.8, 4) is 12.1 Å². The van der Waals surface area contributed by atoms with Crippen molar-refractivity contribution in [2.24, 2.45) is 0 Å². The molecule has 228 valence electrons. The Morgan fingerprint density at radius 3 is 2.04 bits per heavy atom. The van der Waals surface area contributed by atoms with Gasteiger partial charge in [-0.25, -0.2) is 14.6 Å². The number of imidazole rings is 2. The van der Waals surface area contributed by atoms with E-state index in [0.717, 1.165) is 32.9 Å². The van der Waals surface area contributed by atoms with E-state index < -0.39 is 23.6 Å². The van der Waals surface area contributed by atoms with Crippen LogP contribution in [-0.4, -0.2) is 55.4 Å². The molecule has 0 unspecified atom stereocenters. The van der Waals surface area contributed by atoms with Crippen molar-refractivity contribution in [2.75, 3.05) is 9.91 Å². The molecule has 0 bridgehead atoms. The Bertz CT molecular complexity index is 2010. The van der Waals surface area contributed by atoms with Crippen molar-refractivity contribution in [1.82, 2.24) is 19.2 Å². The first-order valence-electron chi connectivity index (χ1n) is 14.1. The molecule has 4 amide bonds. The Morgan fingerprint density at radius 1 is 0.804 bits per heavy atom. The van der Waals surface area contributed by atoms with Gasteiger partial charge < -0.3 is 4.57 Å². The summed E-state index contributed by atoms with van der Waals surface area (Å²) in [5.74, 6) is -2.04. The van der Waals surface area contributed by atoms with Gasteiger partial charge in [-0.1, -0.05) is 44.5 Å². The second kappa shape index (κ2) is 12.6. The fraction of sp³-hybridized carbons (Fsp3) is 0.188. The van der Waals surface area contributed by atoms with Crippen molar-refractivity contribution in [3.05, 3.63) is 99.4 Å². The summed E-state index contributed by atoms with van der Waals surface area (Å²) >= 11 is 0. The monoisotopic (exact) mass is 616 g/mol. The van der Waals surface area contributed by atoms with Crippen LogP contribution in [0.1, 0.15) is 106 Å². The molecule has 2 aliphatic heterocycles. The molecule has 14 nitrogen and oxygen atoms in total.